The number of fused-ring (bicyclic) bond motifs is 1. The molecule has 0 radical (unpaired) electrons. The fourth-order valence-electron chi connectivity index (χ4n) is 5.59. The van der Waals surface area contributed by atoms with Gasteiger partial charge in [-0.25, -0.2) is 19.6 Å². The lowest BCUT2D eigenvalue weighted by Crippen LogP contribution is -2.33. The van der Waals surface area contributed by atoms with E-state index in [-0.39, 0.29) is 11.1 Å². The van der Waals surface area contributed by atoms with Crippen LogP contribution in [0.3, 0.4) is 0 Å². The van der Waals surface area contributed by atoms with Crippen molar-refractivity contribution >= 4 is 40.4 Å². The summed E-state index contributed by atoms with van der Waals surface area (Å²) in [6.07, 6.45) is -2.68. The van der Waals surface area contributed by atoms with E-state index in [1.54, 1.807) is 12.3 Å². The first-order valence-electron chi connectivity index (χ1n) is 15.8. The Labute approximate surface area is 302 Å². The third-order valence-electron chi connectivity index (χ3n) is 8.03. The van der Waals surface area contributed by atoms with Crippen molar-refractivity contribution in [3.05, 3.63) is 101 Å². The highest BCUT2D eigenvalue weighted by Crippen LogP contribution is 2.43. The molecule has 3 heterocycles. The van der Waals surface area contributed by atoms with Gasteiger partial charge >= 0.3 is 24.3 Å². The number of nitrogens with two attached hydrogens (primary N) is 1. The first kappa shape index (κ1) is 40.5. The van der Waals surface area contributed by atoms with Gasteiger partial charge in [0.05, 0.1) is 5.39 Å². The molecule has 0 spiro atoms. The van der Waals surface area contributed by atoms with Gasteiger partial charge in [0.2, 0.25) is 0 Å². The number of halogens is 6. The van der Waals surface area contributed by atoms with Crippen LogP contribution in [0.15, 0.2) is 90.2 Å². The first-order chi connectivity index (χ1) is 25.3. The number of aliphatic carboxylic acids is 2. The summed E-state index contributed by atoms with van der Waals surface area (Å²) in [6.45, 7) is 1.08. The Morgan fingerprint density at radius 1 is 0.889 bits per heavy atom. The molecular weight excluding hydrogens is 728 g/mol. The maximum Gasteiger partial charge on any atom is 0.490 e. The Morgan fingerprint density at radius 3 is 2.00 bits per heavy atom. The molecule has 19 heteroatoms. The maximum absolute atomic E-state index is 13.0. The van der Waals surface area contributed by atoms with Gasteiger partial charge in [0, 0.05) is 41.9 Å². The highest BCUT2D eigenvalue weighted by atomic mass is 19.4. The number of aromatic nitrogens is 4. The van der Waals surface area contributed by atoms with Gasteiger partial charge in [0.15, 0.2) is 0 Å². The molecule has 0 atom stereocenters. The third-order valence-corrected chi connectivity index (χ3v) is 8.03. The zero-order valence-corrected chi connectivity index (χ0v) is 28.5. The normalized spacial score (nSPS) is 15.3. The number of carboxylic acids is 2. The number of amides is 1. The molecule has 13 nitrogen and oxygen atoms in total. The molecule has 2 aromatic carbocycles. The number of nitrogens with zero attached hydrogens (tertiary/aromatic N) is 5. The monoisotopic (exact) mass is 761 g/mol. The number of para-hydroxylation sites is 1. The Morgan fingerprint density at radius 2 is 1.46 bits per heavy atom. The number of carboxylic acid groups (broad SMARTS) is 2. The number of carbonyl (C=O) groups is 3. The minimum atomic E-state index is -5.08. The van der Waals surface area contributed by atoms with Crippen LogP contribution in [0.4, 0.5) is 37.8 Å². The molecule has 5 N–H and O–H groups in total. The number of nitrogens with one attached hydrogen (secondary N) is 1. The van der Waals surface area contributed by atoms with Crippen molar-refractivity contribution in [3.63, 3.8) is 0 Å². The standard InChI is InChI=1S/C31H31N7O2.2C2HF3O2/c1-36(2)17-20-15-24(16-20)38-18-26(27-28(32)33-19-34-29(27)38)21-10-12-22(13-11-21)35-30(39)25-9-6-14-37(31(25)40)23-7-4-3-5-8-23;2*3-2(4,5)1(6)7/h3-14,18-20,24H,15-17H2,1-2H3,(H,35,39)(H2,32,33,34);2*(H,6,7). The number of pyridine rings is 1. The molecule has 5 aromatic rings. The van der Waals surface area contributed by atoms with Crippen molar-refractivity contribution in [2.45, 2.75) is 31.2 Å². The number of anilines is 2. The molecule has 0 unspecified atom stereocenters. The Kier molecular flexibility index (Phi) is 12.5. The predicted molar refractivity (Wildman–Crippen MR) is 185 cm³/mol. The molecule has 6 rings (SSSR count). The summed E-state index contributed by atoms with van der Waals surface area (Å²) in [4.78, 5) is 54.9. The Bertz CT molecular complexity index is 2140. The largest absolute Gasteiger partial charge is 0.490 e. The molecule has 54 heavy (non-hydrogen) atoms. The van der Waals surface area contributed by atoms with E-state index in [4.69, 9.17) is 25.5 Å². The molecule has 1 saturated carbocycles. The summed E-state index contributed by atoms with van der Waals surface area (Å²) in [5.41, 5.74) is 10.0. The summed E-state index contributed by atoms with van der Waals surface area (Å²) in [5.74, 6) is -4.86. The number of hydrogen-bond acceptors (Lipinski definition) is 8. The summed E-state index contributed by atoms with van der Waals surface area (Å²) < 4.78 is 67.2. The van der Waals surface area contributed by atoms with Crippen LogP contribution in [0.5, 0.6) is 0 Å². The zero-order chi connectivity index (χ0) is 40.0. The van der Waals surface area contributed by atoms with Crippen molar-refractivity contribution in [2.75, 3.05) is 31.7 Å². The fourth-order valence-corrected chi connectivity index (χ4v) is 5.59. The third kappa shape index (κ3) is 10.00. The lowest BCUT2D eigenvalue weighted by Gasteiger charge is -2.38. The van der Waals surface area contributed by atoms with E-state index in [1.807, 2.05) is 54.6 Å². The summed E-state index contributed by atoms with van der Waals surface area (Å²) in [7, 11) is 4.22. The van der Waals surface area contributed by atoms with Crippen molar-refractivity contribution < 1.29 is 50.9 Å². The van der Waals surface area contributed by atoms with E-state index in [9.17, 15) is 35.9 Å². The fraction of sp³-hybridized carbons (Fsp3) is 0.257. The second kappa shape index (κ2) is 16.6. The van der Waals surface area contributed by atoms with E-state index < -0.39 is 30.2 Å². The van der Waals surface area contributed by atoms with Crippen LogP contribution in [0.1, 0.15) is 29.2 Å². The number of carbonyl (C=O) groups excluding carboxylic acids is 1. The van der Waals surface area contributed by atoms with E-state index >= 15 is 0 Å². The van der Waals surface area contributed by atoms with Crippen LogP contribution in [0, 0.1) is 5.92 Å². The highest BCUT2D eigenvalue weighted by Gasteiger charge is 2.39. The number of hydrogen-bond donors (Lipinski definition) is 4. The topological polar surface area (TPSA) is 186 Å². The molecule has 0 saturated heterocycles. The summed E-state index contributed by atoms with van der Waals surface area (Å²) in [5, 5.41) is 17.9. The second-order valence-electron chi connectivity index (χ2n) is 12.2. The van der Waals surface area contributed by atoms with Gasteiger partial charge in [-0.1, -0.05) is 30.3 Å². The highest BCUT2D eigenvalue weighted by molar-refractivity contribution is 6.04. The zero-order valence-electron chi connectivity index (χ0n) is 28.5. The van der Waals surface area contributed by atoms with Gasteiger partial charge < -0.3 is 30.7 Å². The Balaban J connectivity index is 0.000000396. The van der Waals surface area contributed by atoms with E-state index in [0.717, 1.165) is 41.5 Å². The van der Waals surface area contributed by atoms with E-state index in [0.29, 0.717) is 29.2 Å². The number of benzene rings is 2. The van der Waals surface area contributed by atoms with Gasteiger partial charge in [-0.15, -0.1) is 0 Å². The van der Waals surface area contributed by atoms with Gasteiger partial charge in [-0.05, 0) is 74.8 Å². The van der Waals surface area contributed by atoms with Crippen LogP contribution in [-0.2, 0) is 9.59 Å². The number of rotatable bonds is 7. The quantitative estimate of drug-likeness (QED) is 0.146. The van der Waals surface area contributed by atoms with Crippen molar-refractivity contribution in [2.24, 2.45) is 5.92 Å². The van der Waals surface area contributed by atoms with Crippen molar-refractivity contribution in [1.29, 1.82) is 0 Å². The van der Waals surface area contributed by atoms with E-state index in [2.05, 4.69) is 45.0 Å². The molecule has 1 aliphatic rings. The predicted octanol–water partition coefficient (Wildman–Crippen LogP) is 5.86. The lowest BCUT2D eigenvalue weighted by atomic mass is 9.80. The van der Waals surface area contributed by atoms with Crippen LogP contribution >= 0.6 is 0 Å². The first-order valence-corrected chi connectivity index (χ1v) is 15.8. The molecule has 3 aromatic heterocycles. The van der Waals surface area contributed by atoms with Gasteiger partial charge in [-0.2, -0.15) is 26.3 Å². The minimum Gasteiger partial charge on any atom is -0.475 e. The summed E-state index contributed by atoms with van der Waals surface area (Å²) >= 11 is 0. The molecule has 0 aliphatic heterocycles. The molecule has 286 valence electrons. The molecule has 1 amide bonds. The summed E-state index contributed by atoms with van der Waals surface area (Å²) in [6, 6.07) is 20.3. The SMILES string of the molecule is CN(C)CC1CC(n2cc(-c3ccc(NC(=O)c4cccn(-c5ccccc5)c4=O)cc3)c3c(N)ncnc32)C1.O=C(O)C(F)(F)F.O=C(O)C(F)(F)F. The van der Waals surface area contributed by atoms with Gasteiger partial charge in [0.25, 0.3) is 11.5 Å². The molecular formula is C35H33F6N7O6. The average Bonchev–Trinajstić information content (AvgIpc) is 3.47. The van der Waals surface area contributed by atoms with Gasteiger partial charge in [-0.3, -0.25) is 14.2 Å². The van der Waals surface area contributed by atoms with Gasteiger partial charge in [0.1, 0.15) is 23.4 Å². The molecule has 1 fully saturated rings. The lowest BCUT2D eigenvalue weighted by molar-refractivity contribution is -0.193. The average molecular weight is 762 g/mol. The molecule has 1 aliphatic carbocycles. The van der Waals surface area contributed by atoms with Crippen molar-refractivity contribution in [1.82, 2.24) is 24.0 Å². The van der Waals surface area contributed by atoms with Crippen LogP contribution in [0.25, 0.3) is 27.8 Å². The van der Waals surface area contributed by atoms with E-state index in [1.165, 1.54) is 17.0 Å². The number of nitrogen functional groups attached to an aromatic ring is 1. The van der Waals surface area contributed by atoms with Crippen LogP contribution < -0.4 is 16.6 Å². The van der Waals surface area contributed by atoms with Crippen molar-refractivity contribution in [3.8, 4) is 16.8 Å². The number of alkyl halides is 6. The second-order valence-corrected chi connectivity index (χ2v) is 12.2. The maximum atomic E-state index is 13.0. The van der Waals surface area contributed by atoms with Crippen LogP contribution in [0.2, 0.25) is 0 Å². The molecule has 0 bridgehead atoms. The Hall–Kier alpha value is -6.24. The minimum absolute atomic E-state index is 0.0662. The smallest absolute Gasteiger partial charge is 0.475 e. The van der Waals surface area contributed by atoms with Crippen LogP contribution in [-0.4, -0.2) is 85.1 Å².